The van der Waals surface area contributed by atoms with Crippen LogP contribution in [0.4, 0.5) is 0 Å². The zero-order valence-electron chi connectivity index (χ0n) is 2.04. The van der Waals surface area contributed by atoms with Crippen molar-refractivity contribution in [2.24, 2.45) is 0 Å². The molecule has 0 amide bonds. The van der Waals surface area contributed by atoms with Gasteiger partial charge >= 0.3 is 13.5 Å². The molecule has 0 N–H and O–H groups in total. The Morgan fingerprint density at radius 2 is 1.40 bits per heavy atom. The Bertz CT molecular complexity index is 27.9. The molecule has 0 spiro atoms. The Balaban J connectivity index is 0. The van der Waals surface area contributed by atoms with Gasteiger partial charge in [0.1, 0.15) is 0 Å². The van der Waals surface area contributed by atoms with Crippen molar-refractivity contribution in [3.05, 3.63) is 0 Å². The second kappa shape index (κ2) is 4.42. The van der Waals surface area contributed by atoms with Gasteiger partial charge in [0.25, 0.3) is 0 Å². The van der Waals surface area contributed by atoms with Crippen LogP contribution in [0.3, 0.4) is 0 Å². The predicted molar refractivity (Wildman–Crippen MR) is 17.1 cm³/mol. The molecule has 5 heavy (non-hydrogen) atoms. The minimum atomic E-state index is -3.11. The molecule has 0 aromatic carbocycles. The minimum Gasteiger partial charge on any atom is -0.784 e. The van der Waals surface area contributed by atoms with Gasteiger partial charge in [-0.15, -0.1) is 11.4 Å². The third-order valence-electron chi connectivity index (χ3n) is 0. The molecule has 0 aromatic heterocycles. The molecule has 0 aliphatic carbocycles. The molecule has 5 heteroatoms. The fourth-order valence-electron chi connectivity index (χ4n) is 0. The third-order valence-corrected chi connectivity index (χ3v) is 0. The van der Waals surface area contributed by atoms with Crippen LogP contribution >= 0.6 is 0 Å². The number of hydrogen-bond acceptors (Lipinski definition) is 3. The summed E-state index contributed by atoms with van der Waals surface area (Å²) >= 11 is -3.11. The van der Waals surface area contributed by atoms with Gasteiger partial charge < -0.3 is 9.11 Å². The summed E-state index contributed by atoms with van der Waals surface area (Å²) in [5, 5.41) is 0. The summed E-state index contributed by atoms with van der Waals surface area (Å²) in [6.07, 6.45) is 0. The zero-order chi connectivity index (χ0) is 3.58. The van der Waals surface area contributed by atoms with Crippen molar-refractivity contribution >= 4 is 24.9 Å². The van der Waals surface area contributed by atoms with Crippen molar-refractivity contribution < 1.29 is 13.3 Å². The van der Waals surface area contributed by atoms with Crippen LogP contribution in [-0.4, -0.2) is 13.3 Å². The highest BCUT2D eigenvalue weighted by atomic mass is 32.2. The van der Waals surface area contributed by atoms with Crippen molar-refractivity contribution in [3.8, 4) is 0 Å². The first-order valence-corrected chi connectivity index (χ1v) is 1.50. The molecular formula is O3S2. The molecule has 0 saturated carbocycles. The topological polar surface area (TPSA) is 63.2 Å². The summed E-state index contributed by atoms with van der Waals surface area (Å²) < 4.78 is 25.3. The van der Waals surface area contributed by atoms with Gasteiger partial charge in [-0.2, -0.15) is 0 Å². The average molecular weight is 112 g/mol. The van der Waals surface area contributed by atoms with E-state index in [1.807, 2.05) is 0 Å². The molecule has 0 heterocycles. The molecule has 0 rings (SSSR count). The van der Waals surface area contributed by atoms with Crippen LogP contribution in [0.1, 0.15) is 0 Å². The van der Waals surface area contributed by atoms with Crippen LogP contribution in [-0.2, 0) is 24.9 Å². The van der Waals surface area contributed by atoms with Gasteiger partial charge in [0, 0.05) is 0 Å². The fourth-order valence-corrected chi connectivity index (χ4v) is 0. The zero-order valence-corrected chi connectivity index (χ0v) is 3.67. The van der Waals surface area contributed by atoms with Gasteiger partial charge in [0.15, 0.2) is 0 Å². The molecule has 0 atom stereocenters. The molecule has 3 nitrogen and oxygen atoms in total. The van der Waals surface area contributed by atoms with Crippen molar-refractivity contribution in [3.63, 3.8) is 0 Å². The van der Waals surface area contributed by atoms with Crippen LogP contribution in [0, 0.1) is 0 Å². The maximum Gasteiger partial charge on any atom is 2.00 e. The van der Waals surface area contributed by atoms with E-state index in [1.165, 1.54) is 0 Å². The molecule has 0 aromatic rings. The van der Waals surface area contributed by atoms with E-state index in [2.05, 4.69) is 0 Å². The molecule has 0 unspecified atom stereocenters. The van der Waals surface area contributed by atoms with Gasteiger partial charge in [-0.1, -0.05) is 0 Å². The summed E-state index contributed by atoms with van der Waals surface area (Å²) in [5.41, 5.74) is 0. The van der Waals surface area contributed by atoms with Crippen LogP contribution < -0.4 is 0 Å². The quantitative estimate of drug-likeness (QED) is 0.377. The van der Waals surface area contributed by atoms with E-state index < -0.39 is 11.4 Å². The van der Waals surface area contributed by atoms with Crippen molar-refractivity contribution in [1.82, 2.24) is 0 Å². The van der Waals surface area contributed by atoms with Crippen molar-refractivity contribution in [2.75, 3.05) is 0 Å². The van der Waals surface area contributed by atoms with E-state index in [1.54, 1.807) is 0 Å². The Hall–Kier alpha value is 0.420. The average Bonchev–Trinajstić information content (AvgIpc) is 0.811. The van der Waals surface area contributed by atoms with Gasteiger partial charge in [0.2, 0.25) is 0 Å². The van der Waals surface area contributed by atoms with E-state index in [0.717, 1.165) is 0 Å². The first-order chi connectivity index (χ1) is 1.73. The molecule has 4 radical (unpaired) electrons. The summed E-state index contributed by atoms with van der Waals surface area (Å²) in [5.74, 6) is 0. The normalized spacial score (nSPS) is 7.00. The van der Waals surface area contributed by atoms with Crippen LogP contribution in [0.25, 0.3) is 0 Å². The highest BCUT2D eigenvalue weighted by molar-refractivity contribution is 7.72. The van der Waals surface area contributed by atoms with Crippen molar-refractivity contribution in [1.29, 1.82) is 0 Å². The lowest BCUT2D eigenvalue weighted by Gasteiger charge is -2.03. The first kappa shape index (κ1) is 9.05. The lowest BCUT2D eigenvalue weighted by Crippen LogP contribution is -1.76. The maximum absolute atomic E-state index is 8.44. The Morgan fingerprint density at radius 3 is 1.40 bits per heavy atom. The lowest BCUT2D eigenvalue weighted by molar-refractivity contribution is 0.419. The van der Waals surface area contributed by atoms with E-state index in [9.17, 15) is 0 Å². The highest BCUT2D eigenvalue weighted by Crippen LogP contribution is 1.42. The Kier molecular flexibility index (Phi) is 8.00. The molecule has 0 aliphatic heterocycles. The van der Waals surface area contributed by atoms with Gasteiger partial charge in [0.05, 0.1) is 0 Å². The molecule has 0 fully saturated rings. The molecule has 0 saturated heterocycles. The third kappa shape index (κ3) is 147. The van der Waals surface area contributed by atoms with E-state index in [-0.39, 0.29) is 13.5 Å². The second-order valence-corrected chi connectivity index (χ2v) is 0.612. The molecule has 30 valence electrons. The van der Waals surface area contributed by atoms with E-state index >= 15 is 0 Å². The summed E-state index contributed by atoms with van der Waals surface area (Å²) in [7, 11) is 0. The first-order valence-electron chi connectivity index (χ1n) is 0.500. The van der Waals surface area contributed by atoms with Crippen LogP contribution in [0.5, 0.6) is 0 Å². The van der Waals surface area contributed by atoms with E-state index in [0.29, 0.717) is 0 Å². The minimum absolute atomic E-state index is 0. The summed E-state index contributed by atoms with van der Waals surface area (Å²) in [4.78, 5) is 0. The highest BCUT2D eigenvalue weighted by Gasteiger charge is 2.00. The lowest BCUT2D eigenvalue weighted by atomic mass is 15.8. The number of rotatable bonds is 0. The SMILES string of the molecule is O=S([O-])[O-].[S+2]. The summed E-state index contributed by atoms with van der Waals surface area (Å²) in [6.45, 7) is 0. The van der Waals surface area contributed by atoms with Crippen LogP contribution in [0.2, 0.25) is 0 Å². The van der Waals surface area contributed by atoms with Gasteiger partial charge in [-0.05, 0) is 0 Å². The van der Waals surface area contributed by atoms with Gasteiger partial charge in [-0.3, -0.25) is 4.21 Å². The largest absolute Gasteiger partial charge is 2.00 e. The maximum atomic E-state index is 8.44. The smallest absolute Gasteiger partial charge is 0.784 e. The van der Waals surface area contributed by atoms with Gasteiger partial charge in [-0.25, -0.2) is 0 Å². The van der Waals surface area contributed by atoms with Crippen molar-refractivity contribution in [2.45, 2.75) is 0 Å². The fraction of sp³-hybridized carbons (Fsp3) is 0. The predicted octanol–water partition coefficient (Wildman–Crippen LogP) is -1.01. The molecule has 0 bridgehead atoms. The Labute approximate surface area is 38.9 Å². The molecule has 0 aliphatic rings. The monoisotopic (exact) mass is 112 g/mol. The Morgan fingerprint density at radius 1 is 1.40 bits per heavy atom. The standard InChI is InChI=1S/H2O3S.S/c1-4(2)3;/h(H2,1,2,3);/q;+2/p-2. The number of hydrogen-bond donors (Lipinski definition) is 0. The second-order valence-electron chi connectivity index (χ2n) is 0.204. The summed E-state index contributed by atoms with van der Waals surface area (Å²) in [6, 6.07) is 0. The van der Waals surface area contributed by atoms with E-state index in [4.69, 9.17) is 13.3 Å². The van der Waals surface area contributed by atoms with Crippen LogP contribution in [0.15, 0.2) is 0 Å². The molecular weight excluding hydrogens is 112 g/mol.